The molecule has 0 bridgehead atoms. The largest absolute Gasteiger partial charge is 0.394 e. The maximum atomic E-state index is 13.9. The zero-order valence-corrected chi connectivity index (χ0v) is 24.2. The Morgan fingerprint density at radius 2 is 1.80 bits per heavy atom. The number of carbonyl (C=O) groups is 1. The van der Waals surface area contributed by atoms with Crippen molar-refractivity contribution in [3.63, 3.8) is 0 Å². The van der Waals surface area contributed by atoms with Crippen molar-refractivity contribution < 1.29 is 9.90 Å². The summed E-state index contributed by atoms with van der Waals surface area (Å²) in [7, 11) is 0. The van der Waals surface area contributed by atoms with E-state index >= 15 is 0 Å². The number of hydrogen-bond acceptors (Lipinski definition) is 3. The molecule has 8 heteroatoms. The molecule has 2 N–H and O–H groups in total. The monoisotopic (exact) mass is 593 g/mol. The number of aliphatic hydroxyl groups excluding tert-OH is 1. The van der Waals surface area contributed by atoms with Crippen molar-refractivity contribution in [1.82, 2.24) is 15.1 Å². The number of rotatable bonds is 7. The fourth-order valence-corrected chi connectivity index (χ4v) is 6.89. The topological polar surface area (TPSA) is 67.2 Å². The van der Waals surface area contributed by atoms with Gasteiger partial charge in [-0.05, 0) is 73.6 Å². The van der Waals surface area contributed by atoms with Crippen molar-refractivity contribution in [1.29, 1.82) is 0 Å². The molecular weight excluding hydrogens is 565 g/mol. The molecule has 0 radical (unpaired) electrons. The van der Waals surface area contributed by atoms with Gasteiger partial charge in [0, 0.05) is 27.4 Å². The number of benzene rings is 3. The van der Waals surface area contributed by atoms with Gasteiger partial charge >= 0.3 is 0 Å². The summed E-state index contributed by atoms with van der Waals surface area (Å²) in [5, 5.41) is 20.2. The van der Waals surface area contributed by atoms with E-state index in [0.29, 0.717) is 32.9 Å². The molecule has 0 spiro atoms. The molecule has 0 saturated heterocycles. The van der Waals surface area contributed by atoms with Gasteiger partial charge in [0.25, 0.3) is 5.91 Å². The molecule has 5 nitrogen and oxygen atoms in total. The normalized spacial score (nSPS) is 21.9. The molecule has 1 fully saturated rings. The molecule has 1 aromatic heterocycles. The van der Waals surface area contributed by atoms with Gasteiger partial charge in [0.1, 0.15) is 0 Å². The molecule has 3 unspecified atom stereocenters. The Bertz CT molecular complexity index is 1550. The second-order valence-corrected chi connectivity index (χ2v) is 12.2. The van der Waals surface area contributed by atoms with Crippen LogP contribution in [-0.4, -0.2) is 32.9 Å². The Labute approximate surface area is 249 Å². The van der Waals surface area contributed by atoms with E-state index in [2.05, 4.69) is 11.4 Å². The summed E-state index contributed by atoms with van der Waals surface area (Å²) in [5.74, 6) is -0.0952. The minimum absolute atomic E-state index is 0.0598. The average molecular weight is 595 g/mol. The molecule has 6 rings (SSSR count). The highest BCUT2D eigenvalue weighted by atomic mass is 35.5. The van der Waals surface area contributed by atoms with Crippen LogP contribution < -0.4 is 5.32 Å². The van der Waals surface area contributed by atoms with Crippen molar-refractivity contribution in [3.8, 4) is 5.69 Å². The van der Waals surface area contributed by atoms with Crippen LogP contribution in [0.15, 0.2) is 72.8 Å². The van der Waals surface area contributed by atoms with Gasteiger partial charge in [-0.3, -0.25) is 4.79 Å². The van der Waals surface area contributed by atoms with Crippen LogP contribution in [0.4, 0.5) is 0 Å². The molecular formula is C32H30Cl3N3O2. The molecule has 1 saturated carbocycles. The number of amides is 1. The molecule has 2 aliphatic carbocycles. The average Bonchev–Trinajstić information content (AvgIpc) is 3.60. The summed E-state index contributed by atoms with van der Waals surface area (Å²) in [4.78, 5) is 13.9. The van der Waals surface area contributed by atoms with Gasteiger partial charge in [0.05, 0.1) is 28.5 Å². The number of carbonyl (C=O) groups excluding carboxylic acids is 1. The van der Waals surface area contributed by atoms with E-state index in [1.165, 1.54) is 0 Å². The lowest BCUT2D eigenvalue weighted by atomic mass is 9.91. The Hall–Kier alpha value is -2.83. The van der Waals surface area contributed by atoms with Gasteiger partial charge < -0.3 is 10.4 Å². The number of fused-ring (bicyclic) bond motifs is 1. The maximum absolute atomic E-state index is 13.9. The minimum Gasteiger partial charge on any atom is -0.394 e. The summed E-state index contributed by atoms with van der Waals surface area (Å²) in [6.45, 7) is -0.137. The zero-order valence-electron chi connectivity index (χ0n) is 21.9. The Morgan fingerprint density at radius 3 is 2.55 bits per heavy atom. The molecule has 3 aromatic carbocycles. The Balaban J connectivity index is 1.41. The SMILES string of the molecule is O=C(NC1(CO)CC1c1ccccc1)c1nn(-c2ccc(Cl)cc2Cl)c2c1CCCCC2Cc1cccc(Cl)c1. The van der Waals surface area contributed by atoms with Crippen molar-refractivity contribution in [3.05, 3.63) is 116 Å². The number of aliphatic hydroxyl groups is 1. The summed E-state index contributed by atoms with van der Waals surface area (Å²) in [6.07, 6.45) is 5.13. The van der Waals surface area contributed by atoms with E-state index in [0.717, 1.165) is 54.5 Å². The first-order chi connectivity index (χ1) is 19.4. The van der Waals surface area contributed by atoms with Crippen LogP contribution >= 0.6 is 34.8 Å². The highest BCUT2D eigenvalue weighted by Gasteiger charge is 2.56. The van der Waals surface area contributed by atoms with Crippen LogP contribution in [0.1, 0.15) is 70.4 Å². The number of halogens is 3. The summed E-state index contributed by atoms with van der Waals surface area (Å²) < 4.78 is 1.84. The summed E-state index contributed by atoms with van der Waals surface area (Å²) in [6, 6.07) is 23.3. The van der Waals surface area contributed by atoms with Crippen molar-refractivity contribution >= 4 is 40.7 Å². The maximum Gasteiger partial charge on any atom is 0.272 e. The van der Waals surface area contributed by atoms with Crippen LogP contribution in [0.25, 0.3) is 5.69 Å². The van der Waals surface area contributed by atoms with Crippen molar-refractivity contribution in [2.24, 2.45) is 0 Å². The lowest BCUT2D eigenvalue weighted by Crippen LogP contribution is -2.41. The Morgan fingerprint density at radius 1 is 1.00 bits per heavy atom. The third kappa shape index (κ3) is 5.28. The van der Waals surface area contributed by atoms with Crippen LogP contribution in [0, 0.1) is 0 Å². The molecule has 3 atom stereocenters. The van der Waals surface area contributed by atoms with Gasteiger partial charge in [-0.15, -0.1) is 0 Å². The van der Waals surface area contributed by atoms with Gasteiger partial charge in [-0.2, -0.15) is 5.10 Å². The molecule has 1 amide bonds. The predicted molar refractivity (Wildman–Crippen MR) is 160 cm³/mol. The molecule has 2 aliphatic rings. The summed E-state index contributed by atoms with van der Waals surface area (Å²) in [5.41, 5.74) is 4.57. The molecule has 1 heterocycles. The second-order valence-electron chi connectivity index (χ2n) is 10.9. The third-order valence-corrected chi connectivity index (χ3v) is 9.06. The molecule has 206 valence electrons. The fraction of sp³-hybridized carbons (Fsp3) is 0.312. The van der Waals surface area contributed by atoms with E-state index in [1.54, 1.807) is 12.1 Å². The summed E-state index contributed by atoms with van der Waals surface area (Å²) >= 11 is 19.2. The first kappa shape index (κ1) is 27.3. The van der Waals surface area contributed by atoms with E-state index in [4.69, 9.17) is 39.9 Å². The van der Waals surface area contributed by atoms with E-state index in [-0.39, 0.29) is 24.3 Å². The lowest BCUT2D eigenvalue weighted by Gasteiger charge is -2.19. The Kier molecular flexibility index (Phi) is 7.66. The van der Waals surface area contributed by atoms with Crippen LogP contribution in [0.2, 0.25) is 15.1 Å². The van der Waals surface area contributed by atoms with Crippen molar-refractivity contribution in [2.75, 3.05) is 6.61 Å². The number of aromatic nitrogens is 2. The van der Waals surface area contributed by atoms with E-state index in [9.17, 15) is 9.90 Å². The smallest absolute Gasteiger partial charge is 0.272 e. The molecule has 0 aliphatic heterocycles. The minimum atomic E-state index is -0.696. The second kappa shape index (κ2) is 11.2. The fourth-order valence-electron chi connectivity index (χ4n) is 6.19. The highest BCUT2D eigenvalue weighted by Crippen LogP contribution is 2.51. The molecule has 40 heavy (non-hydrogen) atoms. The number of hydrogen-bond donors (Lipinski definition) is 2. The van der Waals surface area contributed by atoms with Crippen LogP contribution in [-0.2, 0) is 12.8 Å². The third-order valence-electron chi connectivity index (χ3n) is 8.29. The van der Waals surface area contributed by atoms with E-state index in [1.807, 2.05) is 59.3 Å². The quantitative estimate of drug-likeness (QED) is 0.217. The number of nitrogens with zero attached hydrogens (tertiary/aromatic N) is 2. The zero-order chi connectivity index (χ0) is 27.9. The predicted octanol–water partition coefficient (Wildman–Crippen LogP) is 7.53. The standard InChI is InChI=1S/C32H30Cl3N3O2/c33-23-11-6-7-20(16-23)15-22-10-4-5-12-25-29(37-38(30(22)25)28-14-13-24(34)17-27(28)35)31(40)36-32(19-39)18-26(32)21-8-2-1-3-9-21/h1-3,6-9,11,13-14,16-17,22,26,39H,4-5,10,12,15,18-19H2,(H,36,40). The first-order valence-electron chi connectivity index (χ1n) is 13.7. The van der Waals surface area contributed by atoms with Crippen molar-refractivity contribution in [2.45, 2.75) is 55.9 Å². The first-order valence-corrected chi connectivity index (χ1v) is 14.8. The molecule has 4 aromatic rings. The van der Waals surface area contributed by atoms with Gasteiger partial charge in [0.15, 0.2) is 5.69 Å². The lowest BCUT2D eigenvalue weighted by molar-refractivity contribution is 0.0897. The number of nitrogens with one attached hydrogen (secondary N) is 1. The van der Waals surface area contributed by atoms with Crippen LogP contribution in [0.3, 0.4) is 0 Å². The van der Waals surface area contributed by atoms with Gasteiger partial charge in [-0.1, -0.05) is 83.7 Å². The van der Waals surface area contributed by atoms with Crippen LogP contribution in [0.5, 0.6) is 0 Å². The van der Waals surface area contributed by atoms with E-state index < -0.39 is 5.54 Å². The highest BCUT2D eigenvalue weighted by molar-refractivity contribution is 6.35. The van der Waals surface area contributed by atoms with Gasteiger partial charge in [-0.25, -0.2) is 4.68 Å². The van der Waals surface area contributed by atoms with Gasteiger partial charge in [0.2, 0.25) is 0 Å².